The summed E-state index contributed by atoms with van der Waals surface area (Å²) in [4.78, 5) is 11.0. The maximum Gasteiger partial charge on any atom is 0.360 e. The molecule has 5 heteroatoms. The SMILES string of the molecule is CCC(C)n1cc(C(=O)OC)nn1. The standard InChI is InChI=1S/C8H13N3O2/c1-4-6(2)11-5-7(9-10-11)8(12)13-3/h5-6H,4H2,1-3H3. The molecule has 1 atom stereocenters. The van der Waals surface area contributed by atoms with Gasteiger partial charge in [-0.15, -0.1) is 5.10 Å². The van der Waals surface area contributed by atoms with E-state index in [4.69, 9.17) is 0 Å². The van der Waals surface area contributed by atoms with E-state index >= 15 is 0 Å². The lowest BCUT2D eigenvalue weighted by Crippen LogP contribution is -2.04. The summed E-state index contributed by atoms with van der Waals surface area (Å²) in [6.07, 6.45) is 2.55. The maximum atomic E-state index is 11.0. The molecule has 0 radical (unpaired) electrons. The molecule has 1 aromatic heterocycles. The van der Waals surface area contributed by atoms with Gasteiger partial charge in [0.1, 0.15) is 0 Å². The Kier molecular flexibility index (Phi) is 3.00. The number of ether oxygens (including phenoxy) is 1. The van der Waals surface area contributed by atoms with Crippen LogP contribution in [0.4, 0.5) is 0 Å². The van der Waals surface area contributed by atoms with Gasteiger partial charge in [0.25, 0.3) is 0 Å². The zero-order valence-corrected chi connectivity index (χ0v) is 8.02. The van der Waals surface area contributed by atoms with Gasteiger partial charge >= 0.3 is 5.97 Å². The van der Waals surface area contributed by atoms with Crippen LogP contribution >= 0.6 is 0 Å². The molecule has 0 amide bonds. The van der Waals surface area contributed by atoms with Crippen LogP contribution in [0.25, 0.3) is 0 Å². The van der Waals surface area contributed by atoms with Crippen molar-refractivity contribution in [2.24, 2.45) is 0 Å². The molecular weight excluding hydrogens is 170 g/mol. The number of methoxy groups -OCH3 is 1. The lowest BCUT2D eigenvalue weighted by molar-refractivity contribution is 0.0594. The molecule has 0 aliphatic heterocycles. The Hall–Kier alpha value is -1.39. The third kappa shape index (κ3) is 2.05. The second-order valence-electron chi connectivity index (χ2n) is 2.83. The van der Waals surface area contributed by atoms with E-state index in [9.17, 15) is 4.79 Å². The molecule has 5 nitrogen and oxygen atoms in total. The van der Waals surface area contributed by atoms with Crippen LogP contribution < -0.4 is 0 Å². The average molecular weight is 183 g/mol. The topological polar surface area (TPSA) is 57.0 Å². The van der Waals surface area contributed by atoms with Gasteiger partial charge in [-0.2, -0.15) is 0 Å². The van der Waals surface area contributed by atoms with Gasteiger partial charge in [0, 0.05) is 0 Å². The Labute approximate surface area is 76.7 Å². The molecule has 1 heterocycles. The lowest BCUT2D eigenvalue weighted by atomic mass is 10.3. The highest BCUT2D eigenvalue weighted by Crippen LogP contribution is 2.08. The van der Waals surface area contributed by atoms with E-state index in [1.807, 2.05) is 13.8 Å². The Morgan fingerprint density at radius 2 is 2.46 bits per heavy atom. The molecule has 1 aromatic rings. The van der Waals surface area contributed by atoms with E-state index in [1.54, 1.807) is 10.9 Å². The second kappa shape index (κ2) is 4.02. The van der Waals surface area contributed by atoms with E-state index in [1.165, 1.54) is 7.11 Å². The fourth-order valence-electron chi connectivity index (χ4n) is 0.877. The van der Waals surface area contributed by atoms with Crippen LogP contribution in [-0.2, 0) is 4.74 Å². The van der Waals surface area contributed by atoms with Gasteiger partial charge in [-0.25, -0.2) is 9.48 Å². The summed E-state index contributed by atoms with van der Waals surface area (Å²) in [5.74, 6) is -0.449. The van der Waals surface area contributed by atoms with Gasteiger partial charge in [-0.1, -0.05) is 12.1 Å². The zero-order valence-electron chi connectivity index (χ0n) is 8.02. The van der Waals surface area contributed by atoms with Crippen molar-refractivity contribution >= 4 is 5.97 Å². The summed E-state index contributed by atoms with van der Waals surface area (Å²) in [5, 5.41) is 7.52. The van der Waals surface area contributed by atoms with Crippen LogP contribution in [0.3, 0.4) is 0 Å². The third-order valence-electron chi connectivity index (χ3n) is 1.95. The summed E-state index contributed by atoms with van der Waals surface area (Å²) < 4.78 is 6.17. The third-order valence-corrected chi connectivity index (χ3v) is 1.95. The quantitative estimate of drug-likeness (QED) is 0.657. The Morgan fingerprint density at radius 1 is 1.77 bits per heavy atom. The number of rotatable bonds is 3. The van der Waals surface area contributed by atoms with Crippen LogP contribution in [0.15, 0.2) is 6.20 Å². The predicted octanol–water partition coefficient (Wildman–Crippen LogP) is 1.04. The highest BCUT2D eigenvalue weighted by molar-refractivity contribution is 5.86. The van der Waals surface area contributed by atoms with Crippen molar-refractivity contribution in [1.82, 2.24) is 15.0 Å². The number of esters is 1. The normalized spacial score (nSPS) is 12.5. The van der Waals surface area contributed by atoms with Crippen LogP contribution in [-0.4, -0.2) is 28.1 Å². The molecule has 0 saturated heterocycles. The number of hydrogen-bond acceptors (Lipinski definition) is 4. The maximum absolute atomic E-state index is 11.0. The van der Waals surface area contributed by atoms with Crippen molar-refractivity contribution in [2.75, 3.05) is 7.11 Å². The lowest BCUT2D eigenvalue weighted by Gasteiger charge is -2.05. The molecule has 1 rings (SSSR count). The minimum absolute atomic E-state index is 0.253. The molecule has 1 unspecified atom stereocenters. The summed E-state index contributed by atoms with van der Waals surface area (Å²) >= 11 is 0. The van der Waals surface area contributed by atoms with Crippen LogP contribution in [0.2, 0.25) is 0 Å². The molecule has 72 valence electrons. The minimum atomic E-state index is -0.449. The van der Waals surface area contributed by atoms with Gasteiger partial charge in [0.15, 0.2) is 5.69 Å². The summed E-state index contributed by atoms with van der Waals surface area (Å²) in [7, 11) is 1.32. The Bertz CT molecular complexity index is 295. The van der Waals surface area contributed by atoms with Gasteiger partial charge < -0.3 is 4.74 Å². The summed E-state index contributed by atoms with van der Waals surface area (Å²) in [6.45, 7) is 4.06. The molecule has 0 bridgehead atoms. The summed E-state index contributed by atoms with van der Waals surface area (Å²) in [6, 6.07) is 0.255. The van der Waals surface area contributed by atoms with Crippen molar-refractivity contribution in [3.8, 4) is 0 Å². The molecular formula is C8H13N3O2. The van der Waals surface area contributed by atoms with Crippen LogP contribution in [0.5, 0.6) is 0 Å². The highest BCUT2D eigenvalue weighted by atomic mass is 16.5. The zero-order chi connectivity index (χ0) is 9.84. The fourth-order valence-corrected chi connectivity index (χ4v) is 0.877. The van der Waals surface area contributed by atoms with Crippen molar-refractivity contribution in [2.45, 2.75) is 26.3 Å². The first-order valence-corrected chi connectivity index (χ1v) is 4.19. The van der Waals surface area contributed by atoms with Crippen molar-refractivity contribution in [1.29, 1.82) is 0 Å². The molecule has 13 heavy (non-hydrogen) atoms. The van der Waals surface area contributed by atoms with Gasteiger partial charge in [-0.05, 0) is 13.3 Å². The average Bonchev–Trinajstić information content (AvgIpc) is 2.64. The molecule has 0 spiro atoms. The predicted molar refractivity (Wildman–Crippen MR) is 46.4 cm³/mol. The first-order chi connectivity index (χ1) is 6.19. The van der Waals surface area contributed by atoms with E-state index < -0.39 is 5.97 Å². The Balaban J connectivity index is 2.80. The Morgan fingerprint density at radius 3 is 3.00 bits per heavy atom. The summed E-state index contributed by atoms with van der Waals surface area (Å²) in [5.41, 5.74) is 0.253. The van der Waals surface area contributed by atoms with Gasteiger partial charge in [0.05, 0.1) is 19.3 Å². The second-order valence-corrected chi connectivity index (χ2v) is 2.83. The van der Waals surface area contributed by atoms with Crippen LogP contribution in [0.1, 0.15) is 36.8 Å². The molecule has 0 fully saturated rings. The minimum Gasteiger partial charge on any atom is -0.464 e. The largest absolute Gasteiger partial charge is 0.464 e. The van der Waals surface area contributed by atoms with Crippen LogP contribution in [0, 0.1) is 0 Å². The first kappa shape index (κ1) is 9.70. The molecule has 0 aromatic carbocycles. The van der Waals surface area contributed by atoms with Crippen molar-refractivity contribution < 1.29 is 9.53 Å². The van der Waals surface area contributed by atoms with E-state index in [2.05, 4.69) is 15.0 Å². The molecule has 0 saturated carbocycles. The molecule has 0 aliphatic carbocycles. The molecule has 0 aliphatic rings. The number of hydrogen-bond donors (Lipinski definition) is 0. The van der Waals surface area contributed by atoms with Crippen molar-refractivity contribution in [3.63, 3.8) is 0 Å². The first-order valence-electron chi connectivity index (χ1n) is 4.19. The molecule has 0 N–H and O–H groups in total. The smallest absolute Gasteiger partial charge is 0.360 e. The van der Waals surface area contributed by atoms with E-state index in [0.29, 0.717) is 0 Å². The van der Waals surface area contributed by atoms with E-state index in [0.717, 1.165) is 6.42 Å². The van der Waals surface area contributed by atoms with Crippen molar-refractivity contribution in [3.05, 3.63) is 11.9 Å². The fraction of sp³-hybridized carbons (Fsp3) is 0.625. The number of carbonyl (C=O) groups is 1. The number of carbonyl (C=O) groups excluding carboxylic acids is 1. The monoisotopic (exact) mass is 183 g/mol. The van der Waals surface area contributed by atoms with Gasteiger partial charge in [0.2, 0.25) is 0 Å². The number of aromatic nitrogens is 3. The van der Waals surface area contributed by atoms with Gasteiger partial charge in [-0.3, -0.25) is 0 Å². The number of nitrogens with zero attached hydrogens (tertiary/aromatic N) is 3. The van der Waals surface area contributed by atoms with E-state index in [-0.39, 0.29) is 11.7 Å². The highest BCUT2D eigenvalue weighted by Gasteiger charge is 2.12.